The van der Waals surface area contributed by atoms with Gasteiger partial charge >= 0.3 is 5.69 Å². The highest BCUT2D eigenvalue weighted by atomic mass is 32.1. The number of aromatic nitrogens is 4. The molecule has 1 unspecified atom stereocenters. The number of anilines is 1. The number of fused-ring (bicyclic) bond motifs is 6. The summed E-state index contributed by atoms with van der Waals surface area (Å²) in [5, 5.41) is 0. The SMILES string of the molecule is Cc1cccc2c1N1CCN(Cn3c(=O)[nH]c4c(sc5nccnc54)c3=O)CC1CO2. The van der Waals surface area contributed by atoms with Crippen molar-refractivity contribution in [3.05, 3.63) is 57.0 Å². The van der Waals surface area contributed by atoms with Gasteiger partial charge in [-0.15, -0.1) is 11.3 Å². The van der Waals surface area contributed by atoms with Crippen molar-refractivity contribution < 1.29 is 4.74 Å². The van der Waals surface area contributed by atoms with Gasteiger partial charge in [0.2, 0.25) is 0 Å². The molecule has 4 aromatic rings. The topological polar surface area (TPSA) is 96.4 Å². The molecule has 31 heavy (non-hydrogen) atoms. The van der Waals surface area contributed by atoms with Crippen LogP contribution in [0.15, 0.2) is 40.2 Å². The van der Waals surface area contributed by atoms with Crippen molar-refractivity contribution >= 4 is 37.6 Å². The minimum Gasteiger partial charge on any atom is -0.489 e. The number of aromatic amines is 1. The number of hydrogen-bond donors (Lipinski definition) is 1. The number of hydrogen-bond acceptors (Lipinski definition) is 8. The summed E-state index contributed by atoms with van der Waals surface area (Å²) in [5.41, 5.74) is 2.65. The second-order valence-electron chi connectivity index (χ2n) is 7.98. The van der Waals surface area contributed by atoms with E-state index in [-0.39, 0.29) is 18.3 Å². The third-order valence-corrected chi connectivity index (χ3v) is 7.15. The van der Waals surface area contributed by atoms with Crippen molar-refractivity contribution in [1.29, 1.82) is 0 Å². The van der Waals surface area contributed by atoms with Crippen LogP contribution in [0.4, 0.5) is 5.69 Å². The molecule has 2 aliphatic rings. The zero-order chi connectivity index (χ0) is 21.1. The molecule has 1 saturated heterocycles. The number of nitrogens with one attached hydrogen (secondary N) is 1. The van der Waals surface area contributed by atoms with Crippen LogP contribution in [0.1, 0.15) is 5.56 Å². The van der Waals surface area contributed by atoms with Crippen LogP contribution in [0.3, 0.4) is 0 Å². The van der Waals surface area contributed by atoms with Gasteiger partial charge < -0.3 is 14.6 Å². The summed E-state index contributed by atoms with van der Waals surface area (Å²) in [6, 6.07) is 6.30. The lowest BCUT2D eigenvalue weighted by Crippen LogP contribution is -2.58. The molecule has 0 radical (unpaired) electrons. The van der Waals surface area contributed by atoms with Crippen LogP contribution in [-0.4, -0.2) is 56.7 Å². The molecular formula is C21H20N6O3S. The van der Waals surface area contributed by atoms with Gasteiger partial charge in [0.05, 0.1) is 23.9 Å². The van der Waals surface area contributed by atoms with Gasteiger partial charge in [0.25, 0.3) is 5.56 Å². The summed E-state index contributed by atoms with van der Waals surface area (Å²) in [6.07, 6.45) is 3.14. The number of piperazine rings is 1. The number of rotatable bonds is 2. The van der Waals surface area contributed by atoms with Crippen molar-refractivity contribution in [3.63, 3.8) is 0 Å². The van der Waals surface area contributed by atoms with E-state index in [0.29, 0.717) is 33.7 Å². The zero-order valence-electron chi connectivity index (χ0n) is 16.9. The highest BCUT2D eigenvalue weighted by Crippen LogP contribution is 2.37. The standard InChI is InChI=1S/C21H20N6O3S/c1-12-3-2-4-14-17(12)26-8-7-25(9-13(26)10-30-14)11-27-20(28)18-15(24-21(27)29)16-19(31-18)23-6-5-22-16/h2-6,13H,7-11H2,1H3,(H,24,29). The summed E-state index contributed by atoms with van der Waals surface area (Å²) in [4.78, 5) is 42.4. The third kappa shape index (κ3) is 2.86. The number of benzene rings is 1. The first-order valence-corrected chi connectivity index (χ1v) is 11.0. The molecule has 2 aliphatic heterocycles. The van der Waals surface area contributed by atoms with Crippen LogP contribution < -0.4 is 20.9 Å². The average molecular weight is 436 g/mol. The summed E-state index contributed by atoms with van der Waals surface area (Å²) >= 11 is 1.26. The predicted octanol–water partition coefficient (Wildman–Crippen LogP) is 1.54. The Labute approximate surface area is 180 Å². The Balaban J connectivity index is 1.31. The van der Waals surface area contributed by atoms with Gasteiger partial charge in [-0.2, -0.15) is 0 Å². The zero-order valence-corrected chi connectivity index (χ0v) is 17.7. The molecule has 1 aromatic carbocycles. The lowest BCUT2D eigenvalue weighted by atomic mass is 10.1. The Bertz CT molecular complexity index is 1440. The average Bonchev–Trinajstić information content (AvgIpc) is 3.15. The van der Waals surface area contributed by atoms with Crippen molar-refractivity contribution in [1.82, 2.24) is 24.4 Å². The molecule has 1 fully saturated rings. The first-order valence-electron chi connectivity index (χ1n) is 10.2. The molecule has 6 rings (SSSR count). The highest BCUT2D eigenvalue weighted by molar-refractivity contribution is 7.25. The second-order valence-corrected chi connectivity index (χ2v) is 8.98. The van der Waals surface area contributed by atoms with Crippen LogP contribution in [0, 0.1) is 6.92 Å². The molecule has 0 bridgehead atoms. The Kier molecular flexibility index (Phi) is 4.12. The largest absolute Gasteiger partial charge is 0.489 e. The van der Waals surface area contributed by atoms with Crippen LogP contribution in [-0.2, 0) is 6.67 Å². The molecule has 1 N–H and O–H groups in total. The number of nitrogens with zero attached hydrogens (tertiary/aromatic N) is 5. The van der Waals surface area contributed by atoms with Crippen LogP contribution in [0.5, 0.6) is 5.75 Å². The van der Waals surface area contributed by atoms with Gasteiger partial charge in [-0.3, -0.25) is 9.69 Å². The molecule has 0 spiro atoms. The van der Waals surface area contributed by atoms with Gasteiger partial charge in [0, 0.05) is 32.0 Å². The molecule has 0 aliphatic carbocycles. The van der Waals surface area contributed by atoms with Crippen molar-refractivity contribution in [2.45, 2.75) is 19.6 Å². The first-order chi connectivity index (χ1) is 15.1. The van der Waals surface area contributed by atoms with E-state index in [1.165, 1.54) is 21.5 Å². The second kappa shape index (κ2) is 6.89. The number of ether oxygens (including phenoxy) is 1. The van der Waals surface area contributed by atoms with Crippen molar-refractivity contribution in [2.24, 2.45) is 0 Å². The van der Waals surface area contributed by atoms with Crippen LogP contribution in [0.25, 0.3) is 20.6 Å². The summed E-state index contributed by atoms with van der Waals surface area (Å²) in [7, 11) is 0. The Morgan fingerprint density at radius 1 is 1.23 bits per heavy atom. The molecule has 158 valence electrons. The normalized spacial score (nSPS) is 18.7. The monoisotopic (exact) mass is 436 g/mol. The molecule has 0 amide bonds. The third-order valence-electron chi connectivity index (χ3n) is 6.07. The maximum atomic E-state index is 13.1. The van der Waals surface area contributed by atoms with Gasteiger partial charge in [-0.1, -0.05) is 12.1 Å². The fraction of sp³-hybridized carbons (Fsp3) is 0.333. The van der Waals surface area contributed by atoms with Gasteiger partial charge in [-0.05, 0) is 18.6 Å². The summed E-state index contributed by atoms with van der Waals surface area (Å²) in [5.74, 6) is 0.926. The van der Waals surface area contributed by atoms with E-state index in [1.807, 2.05) is 12.1 Å². The van der Waals surface area contributed by atoms with E-state index >= 15 is 0 Å². The summed E-state index contributed by atoms with van der Waals surface area (Å²) in [6.45, 7) is 5.21. The number of aryl methyl sites for hydroxylation is 1. The van der Waals surface area contributed by atoms with E-state index in [1.54, 1.807) is 12.4 Å². The van der Waals surface area contributed by atoms with Gasteiger partial charge in [-0.25, -0.2) is 19.3 Å². The Morgan fingerprint density at radius 3 is 3.00 bits per heavy atom. The molecule has 5 heterocycles. The molecule has 10 heteroatoms. The predicted molar refractivity (Wildman–Crippen MR) is 119 cm³/mol. The van der Waals surface area contributed by atoms with Crippen molar-refractivity contribution in [3.8, 4) is 5.75 Å². The summed E-state index contributed by atoms with van der Waals surface area (Å²) < 4.78 is 7.75. The fourth-order valence-electron chi connectivity index (χ4n) is 4.60. The Morgan fingerprint density at radius 2 is 2.10 bits per heavy atom. The van der Waals surface area contributed by atoms with Crippen LogP contribution >= 0.6 is 11.3 Å². The van der Waals surface area contributed by atoms with Crippen molar-refractivity contribution in [2.75, 3.05) is 31.1 Å². The number of para-hydroxylation sites is 1. The highest BCUT2D eigenvalue weighted by Gasteiger charge is 2.34. The number of thiophene rings is 1. The van der Waals surface area contributed by atoms with E-state index < -0.39 is 5.69 Å². The molecule has 0 saturated carbocycles. The fourth-order valence-corrected chi connectivity index (χ4v) is 5.60. The molecule has 9 nitrogen and oxygen atoms in total. The molecular weight excluding hydrogens is 416 g/mol. The molecule has 1 atom stereocenters. The van der Waals surface area contributed by atoms with Gasteiger partial charge in [0.15, 0.2) is 0 Å². The van der Waals surface area contributed by atoms with E-state index in [9.17, 15) is 9.59 Å². The van der Waals surface area contributed by atoms with E-state index in [4.69, 9.17) is 4.74 Å². The lowest BCUT2D eigenvalue weighted by Gasteiger charge is -2.46. The maximum Gasteiger partial charge on any atom is 0.330 e. The van der Waals surface area contributed by atoms with E-state index in [2.05, 4.69) is 37.7 Å². The van der Waals surface area contributed by atoms with E-state index in [0.717, 1.165) is 24.5 Å². The smallest absolute Gasteiger partial charge is 0.330 e. The quantitative estimate of drug-likeness (QED) is 0.509. The maximum absolute atomic E-state index is 13.1. The number of H-pyrrole nitrogens is 1. The lowest BCUT2D eigenvalue weighted by molar-refractivity contribution is 0.137. The minimum atomic E-state index is -0.425. The van der Waals surface area contributed by atoms with Crippen LogP contribution in [0.2, 0.25) is 0 Å². The minimum absolute atomic E-state index is 0.179. The van der Waals surface area contributed by atoms with Gasteiger partial charge in [0.1, 0.15) is 27.4 Å². The Hall–Kier alpha value is -3.24. The molecule has 3 aromatic heterocycles. The first kappa shape index (κ1) is 18.5.